The summed E-state index contributed by atoms with van der Waals surface area (Å²) in [6, 6.07) is 8.78. The van der Waals surface area contributed by atoms with E-state index in [1.165, 1.54) is 6.08 Å². The second-order valence-electron chi connectivity index (χ2n) is 3.50. The average Bonchev–Trinajstić information content (AvgIpc) is 2.30. The van der Waals surface area contributed by atoms with E-state index in [-0.39, 0.29) is 24.5 Å². The third-order valence-electron chi connectivity index (χ3n) is 2.02. The van der Waals surface area contributed by atoms with Crippen molar-refractivity contribution in [2.75, 3.05) is 6.54 Å². The minimum Gasteiger partial charge on any atom is -0.431 e. The largest absolute Gasteiger partial charge is 0.431 e. The van der Waals surface area contributed by atoms with Gasteiger partial charge in [-0.15, -0.1) is 0 Å². The molecule has 0 radical (unpaired) electrons. The van der Waals surface area contributed by atoms with E-state index in [1.807, 2.05) is 6.07 Å². The second kappa shape index (κ2) is 6.60. The first kappa shape index (κ1) is 13.1. The number of hydrogen-bond donors (Lipinski definition) is 1. The van der Waals surface area contributed by atoms with E-state index in [9.17, 15) is 9.59 Å². The number of allylic oxidation sites excluding steroid dienone is 2. The molecule has 1 rings (SSSR count). The molecule has 0 aliphatic rings. The zero-order valence-electron chi connectivity index (χ0n) is 9.68. The lowest BCUT2D eigenvalue weighted by Gasteiger charge is -2.02. The summed E-state index contributed by atoms with van der Waals surface area (Å²) < 4.78 is 4.90. The monoisotopic (exact) mass is 233 g/mol. The van der Waals surface area contributed by atoms with Crippen LogP contribution in [-0.4, -0.2) is 18.3 Å². The summed E-state index contributed by atoms with van der Waals surface area (Å²) in [6.45, 7) is 1.80. The van der Waals surface area contributed by atoms with Crippen LogP contribution in [0.4, 0.5) is 0 Å². The number of ether oxygens (including phenoxy) is 1. The molecular weight excluding hydrogens is 218 g/mol. The first-order valence-electron chi connectivity index (χ1n) is 5.32. The molecule has 0 heterocycles. The number of carbonyl (C=O) groups excluding carboxylic acids is 2. The minimum absolute atomic E-state index is 0.144. The lowest BCUT2D eigenvalue weighted by Crippen LogP contribution is -2.10. The van der Waals surface area contributed by atoms with Crippen LogP contribution in [0.3, 0.4) is 0 Å². The molecule has 0 amide bonds. The van der Waals surface area contributed by atoms with Gasteiger partial charge in [0.25, 0.3) is 0 Å². The fraction of sp³-hybridized carbons (Fsp3) is 0.231. The molecule has 1 aromatic carbocycles. The Morgan fingerprint density at radius 2 is 1.94 bits per heavy atom. The van der Waals surface area contributed by atoms with E-state index in [1.54, 1.807) is 31.2 Å². The molecule has 2 N–H and O–H groups in total. The number of hydrogen-bond acceptors (Lipinski definition) is 4. The van der Waals surface area contributed by atoms with E-state index in [2.05, 4.69) is 0 Å². The van der Waals surface area contributed by atoms with Crippen molar-refractivity contribution in [2.24, 2.45) is 5.73 Å². The van der Waals surface area contributed by atoms with Gasteiger partial charge in [0.2, 0.25) is 0 Å². The van der Waals surface area contributed by atoms with Crippen LogP contribution in [0.1, 0.15) is 23.7 Å². The van der Waals surface area contributed by atoms with Crippen LogP contribution in [-0.2, 0) is 9.53 Å². The van der Waals surface area contributed by atoms with Crippen LogP contribution >= 0.6 is 0 Å². The standard InChI is InChI=1S/C13H15NO3/c1-10(17-13(16)7-8-14)9-12(15)11-5-3-2-4-6-11/h2-6,9H,7-8,14H2,1H3. The molecular formula is C13H15NO3. The molecule has 0 aliphatic heterocycles. The van der Waals surface area contributed by atoms with E-state index >= 15 is 0 Å². The van der Waals surface area contributed by atoms with Crippen molar-refractivity contribution >= 4 is 11.8 Å². The van der Waals surface area contributed by atoms with Gasteiger partial charge in [0.05, 0.1) is 6.42 Å². The van der Waals surface area contributed by atoms with Crippen LogP contribution < -0.4 is 5.73 Å². The number of benzene rings is 1. The van der Waals surface area contributed by atoms with Crippen LogP contribution in [0.15, 0.2) is 42.2 Å². The highest BCUT2D eigenvalue weighted by Gasteiger charge is 2.06. The maximum Gasteiger partial charge on any atom is 0.312 e. The Labute approximate surface area is 100 Å². The van der Waals surface area contributed by atoms with Crippen LogP contribution in [0.5, 0.6) is 0 Å². The zero-order valence-corrected chi connectivity index (χ0v) is 9.68. The Hall–Kier alpha value is -1.94. The van der Waals surface area contributed by atoms with Gasteiger partial charge >= 0.3 is 5.97 Å². The molecule has 1 aromatic rings. The Kier molecular flexibility index (Phi) is 5.10. The molecule has 0 spiro atoms. The molecule has 90 valence electrons. The molecule has 0 fully saturated rings. The van der Waals surface area contributed by atoms with Gasteiger partial charge in [0, 0.05) is 18.2 Å². The number of ketones is 1. The van der Waals surface area contributed by atoms with Gasteiger partial charge in [-0.2, -0.15) is 0 Å². The smallest absolute Gasteiger partial charge is 0.312 e. The summed E-state index contributed by atoms with van der Waals surface area (Å²) in [6.07, 6.45) is 1.44. The van der Waals surface area contributed by atoms with Crippen molar-refractivity contribution in [3.05, 3.63) is 47.7 Å². The molecule has 0 atom stereocenters. The molecule has 0 saturated carbocycles. The summed E-state index contributed by atoms with van der Waals surface area (Å²) in [5, 5.41) is 0. The average molecular weight is 233 g/mol. The van der Waals surface area contributed by atoms with E-state index < -0.39 is 5.97 Å². The molecule has 0 saturated heterocycles. The molecule has 4 nitrogen and oxygen atoms in total. The maximum atomic E-state index is 11.7. The van der Waals surface area contributed by atoms with Crippen molar-refractivity contribution < 1.29 is 14.3 Å². The van der Waals surface area contributed by atoms with Crippen LogP contribution in [0.25, 0.3) is 0 Å². The van der Waals surface area contributed by atoms with Gasteiger partial charge < -0.3 is 10.5 Å². The van der Waals surface area contributed by atoms with Gasteiger partial charge in [0.1, 0.15) is 5.76 Å². The molecule has 0 unspecified atom stereocenters. The SMILES string of the molecule is CC(=CC(=O)c1ccccc1)OC(=O)CCN. The van der Waals surface area contributed by atoms with Crippen molar-refractivity contribution in [2.45, 2.75) is 13.3 Å². The maximum absolute atomic E-state index is 11.7. The lowest BCUT2D eigenvalue weighted by atomic mass is 10.1. The molecule has 4 heteroatoms. The summed E-state index contributed by atoms with van der Waals surface area (Å²) in [7, 11) is 0. The number of nitrogens with two attached hydrogens (primary N) is 1. The van der Waals surface area contributed by atoms with E-state index in [0.29, 0.717) is 5.56 Å². The van der Waals surface area contributed by atoms with Crippen molar-refractivity contribution in [1.82, 2.24) is 0 Å². The number of esters is 1. The summed E-state index contributed by atoms with van der Waals surface area (Å²) in [5.41, 5.74) is 5.77. The summed E-state index contributed by atoms with van der Waals surface area (Å²) in [5.74, 6) is -0.344. The lowest BCUT2D eigenvalue weighted by molar-refractivity contribution is -0.139. The number of rotatable bonds is 5. The molecule has 0 aromatic heterocycles. The topological polar surface area (TPSA) is 69.4 Å². The van der Waals surface area contributed by atoms with Gasteiger partial charge in [0.15, 0.2) is 5.78 Å². The second-order valence-corrected chi connectivity index (χ2v) is 3.50. The predicted molar refractivity (Wildman–Crippen MR) is 64.3 cm³/mol. The van der Waals surface area contributed by atoms with Crippen molar-refractivity contribution in [3.8, 4) is 0 Å². The summed E-state index contributed by atoms with van der Waals surface area (Å²) in [4.78, 5) is 22.8. The first-order valence-corrected chi connectivity index (χ1v) is 5.32. The highest BCUT2D eigenvalue weighted by Crippen LogP contribution is 2.05. The Morgan fingerprint density at radius 1 is 1.29 bits per heavy atom. The molecule has 0 aliphatic carbocycles. The fourth-order valence-corrected chi connectivity index (χ4v) is 1.25. The van der Waals surface area contributed by atoms with Gasteiger partial charge in [-0.05, 0) is 6.92 Å². The quantitative estimate of drug-likeness (QED) is 0.363. The highest BCUT2D eigenvalue weighted by atomic mass is 16.5. The van der Waals surface area contributed by atoms with Gasteiger partial charge in [-0.1, -0.05) is 30.3 Å². The Balaban J connectivity index is 2.63. The van der Waals surface area contributed by atoms with E-state index in [0.717, 1.165) is 0 Å². The van der Waals surface area contributed by atoms with Gasteiger partial charge in [-0.3, -0.25) is 9.59 Å². The Morgan fingerprint density at radius 3 is 2.53 bits per heavy atom. The van der Waals surface area contributed by atoms with Crippen molar-refractivity contribution in [3.63, 3.8) is 0 Å². The number of carbonyl (C=O) groups is 2. The summed E-state index contributed by atoms with van der Waals surface area (Å²) >= 11 is 0. The normalized spacial score (nSPS) is 11.1. The highest BCUT2D eigenvalue weighted by molar-refractivity contribution is 6.04. The van der Waals surface area contributed by atoms with Gasteiger partial charge in [-0.25, -0.2) is 0 Å². The zero-order chi connectivity index (χ0) is 12.7. The minimum atomic E-state index is -0.429. The fourth-order valence-electron chi connectivity index (χ4n) is 1.25. The predicted octanol–water partition coefficient (Wildman–Crippen LogP) is 1.67. The third kappa shape index (κ3) is 4.61. The molecule has 0 bridgehead atoms. The molecule has 17 heavy (non-hydrogen) atoms. The van der Waals surface area contributed by atoms with E-state index in [4.69, 9.17) is 10.5 Å². The first-order chi connectivity index (χ1) is 8.13. The Bertz CT molecular complexity index is 424. The van der Waals surface area contributed by atoms with Crippen LogP contribution in [0, 0.1) is 0 Å². The third-order valence-corrected chi connectivity index (χ3v) is 2.02. The van der Waals surface area contributed by atoms with Crippen LogP contribution in [0.2, 0.25) is 0 Å². The van der Waals surface area contributed by atoms with Crippen molar-refractivity contribution in [1.29, 1.82) is 0 Å².